The first-order valence-electron chi connectivity index (χ1n) is 12.5. The molecule has 1 N–H and O–H groups in total. The number of carbonyl (C=O) groups is 2. The minimum absolute atomic E-state index is 0.0444. The highest BCUT2D eigenvalue weighted by Crippen LogP contribution is 2.43. The average molecular weight is 536 g/mol. The highest BCUT2D eigenvalue weighted by molar-refractivity contribution is 7.80. The summed E-state index contributed by atoms with van der Waals surface area (Å²) < 4.78 is 20.1. The number of ether oxygens (including phenoxy) is 4. The van der Waals surface area contributed by atoms with E-state index in [-0.39, 0.29) is 37.7 Å². The Kier molecular flexibility index (Phi) is 17.4. The largest absolute Gasteiger partial charge is 0.460 e. The molecule has 0 bridgehead atoms. The summed E-state index contributed by atoms with van der Waals surface area (Å²) in [6, 6.07) is 8.06. The second kappa shape index (κ2) is 18.7. The number of fused-ring (bicyclic) bond motifs is 1. The highest BCUT2D eigenvalue weighted by atomic mass is 32.1. The van der Waals surface area contributed by atoms with Crippen molar-refractivity contribution in [2.45, 2.75) is 65.8 Å². The number of benzene rings is 1. The Morgan fingerprint density at radius 2 is 1.78 bits per heavy atom. The smallest absolute Gasteiger partial charge is 0.407 e. The van der Waals surface area contributed by atoms with Gasteiger partial charge in [0, 0.05) is 32.4 Å². The summed E-state index contributed by atoms with van der Waals surface area (Å²) in [5.74, 6) is 0.205. The molecule has 1 unspecified atom stereocenters. The maximum atomic E-state index is 12.1. The van der Waals surface area contributed by atoms with E-state index in [1.54, 1.807) is 35.0 Å². The Hall–Kier alpha value is -2.55. The number of nitrogens with one attached hydrogen (secondary N) is 1. The molecule has 1 atom stereocenters. The topological polar surface area (TPSA) is 83.1 Å². The van der Waals surface area contributed by atoms with Crippen molar-refractivity contribution in [3.63, 3.8) is 0 Å². The van der Waals surface area contributed by atoms with Gasteiger partial charge in [-0.1, -0.05) is 62.9 Å². The number of alkyl carbamates (subject to hydrolysis) is 1. The molecular formula is C29H45NO6S. The summed E-state index contributed by atoms with van der Waals surface area (Å²) in [5.41, 5.74) is 3.84. The molecular weight excluding hydrogens is 490 g/mol. The van der Waals surface area contributed by atoms with Crippen LogP contribution < -0.4 is 5.32 Å². The molecule has 1 aromatic carbocycles. The maximum absolute atomic E-state index is 12.1. The first kappa shape index (κ1) is 34.5. The number of amides is 1. The molecule has 0 aliphatic heterocycles. The molecule has 8 heteroatoms. The van der Waals surface area contributed by atoms with Crippen LogP contribution in [0.4, 0.5) is 4.79 Å². The number of carbonyl (C=O) groups excluding carboxylic acids is 2. The Morgan fingerprint density at radius 1 is 1.16 bits per heavy atom. The average Bonchev–Trinajstić information content (AvgIpc) is 3.17. The van der Waals surface area contributed by atoms with Gasteiger partial charge in [0.2, 0.25) is 0 Å². The van der Waals surface area contributed by atoms with Crippen LogP contribution in [0.25, 0.3) is 5.57 Å². The third-order valence-corrected chi connectivity index (χ3v) is 5.24. The lowest BCUT2D eigenvalue weighted by atomic mass is 9.96. The van der Waals surface area contributed by atoms with Crippen LogP contribution >= 0.6 is 12.6 Å². The van der Waals surface area contributed by atoms with E-state index in [4.69, 9.17) is 18.9 Å². The fourth-order valence-corrected chi connectivity index (χ4v) is 3.76. The predicted octanol–water partition coefficient (Wildman–Crippen LogP) is 6.32. The van der Waals surface area contributed by atoms with Crippen molar-refractivity contribution < 1.29 is 28.5 Å². The molecule has 208 valence electrons. The first-order chi connectivity index (χ1) is 17.6. The van der Waals surface area contributed by atoms with Crippen LogP contribution in [0.1, 0.15) is 65.0 Å². The molecule has 0 saturated heterocycles. The zero-order valence-electron chi connectivity index (χ0n) is 23.6. The summed E-state index contributed by atoms with van der Waals surface area (Å²) in [6.45, 7) is 15.7. The van der Waals surface area contributed by atoms with Crippen molar-refractivity contribution in [3.05, 3.63) is 65.8 Å². The summed E-state index contributed by atoms with van der Waals surface area (Å²) >= 11 is 3.93. The Balaban J connectivity index is 0.00000124. The Labute approximate surface area is 228 Å². The van der Waals surface area contributed by atoms with Gasteiger partial charge in [0.05, 0.1) is 6.42 Å². The van der Waals surface area contributed by atoms with Gasteiger partial charge in [-0.2, -0.15) is 12.6 Å². The van der Waals surface area contributed by atoms with E-state index in [9.17, 15) is 9.59 Å². The number of hydrogen-bond donors (Lipinski definition) is 2. The fourth-order valence-electron chi connectivity index (χ4n) is 3.46. The van der Waals surface area contributed by atoms with Gasteiger partial charge in [0.1, 0.15) is 12.2 Å². The number of thiol groups is 1. The molecule has 2 rings (SSSR count). The van der Waals surface area contributed by atoms with Crippen molar-refractivity contribution in [2.75, 3.05) is 33.1 Å². The van der Waals surface area contributed by atoms with Gasteiger partial charge in [0.25, 0.3) is 0 Å². The molecule has 0 fully saturated rings. The van der Waals surface area contributed by atoms with Crippen LogP contribution in [-0.4, -0.2) is 57.1 Å². The normalized spacial score (nSPS) is 14.3. The van der Waals surface area contributed by atoms with Crippen molar-refractivity contribution in [1.82, 2.24) is 5.32 Å². The van der Waals surface area contributed by atoms with Crippen molar-refractivity contribution in [2.24, 2.45) is 0 Å². The molecule has 1 amide bonds. The highest BCUT2D eigenvalue weighted by Gasteiger charge is 2.29. The van der Waals surface area contributed by atoms with Crippen molar-refractivity contribution in [1.29, 1.82) is 0 Å². The van der Waals surface area contributed by atoms with Crippen LogP contribution in [-0.2, 0) is 23.7 Å². The van der Waals surface area contributed by atoms with E-state index in [2.05, 4.69) is 30.6 Å². The van der Waals surface area contributed by atoms with Crippen LogP contribution in [0.2, 0.25) is 0 Å². The van der Waals surface area contributed by atoms with E-state index < -0.39 is 11.7 Å². The molecule has 0 radical (unpaired) electrons. The molecule has 0 spiro atoms. The molecule has 37 heavy (non-hydrogen) atoms. The van der Waals surface area contributed by atoms with E-state index in [0.29, 0.717) is 5.75 Å². The van der Waals surface area contributed by atoms with E-state index in [0.717, 1.165) is 22.3 Å². The van der Waals surface area contributed by atoms with Gasteiger partial charge >= 0.3 is 12.1 Å². The summed E-state index contributed by atoms with van der Waals surface area (Å²) in [6.07, 6.45) is 5.25. The van der Waals surface area contributed by atoms with Gasteiger partial charge in [-0.3, -0.25) is 4.79 Å². The summed E-state index contributed by atoms with van der Waals surface area (Å²) in [4.78, 5) is 23.7. The van der Waals surface area contributed by atoms with E-state index in [1.165, 1.54) is 0 Å². The van der Waals surface area contributed by atoms with E-state index >= 15 is 0 Å². The molecule has 1 aliphatic rings. The van der Waals surface area contributed by atoms with Gasteiger partial charge in [0.15, 0.2) is 6.29 Å². The lowest BCUT2D eigenvalue weighted by Crippen LogP contribution is -2.30. The van der Waals surface area contributed by atoms with Gasteiger partial charge in [-0.25, -0.2) is 4.79 Å². The second-order valence-electron chi connectivity index (χ2n) is 8.66. The molecule has 1 aromatic rings. The van der Waals surface area contributed by atoms with Crippen LogP contribution in [0.5, 0.6) is 0 Å². The molecule has 1 aliphatic carbocycles. The van der Waals surface area contributed by atoms with Gasteiger partial charge < -0.3 is 24.3 Å². The number of hydrogen-bond acceptors (Lipinski definition) is 7. The van der Waals surface area contributed by atoms with Crippen LogP contribution in [0, 0.1) is 0 Å². The standard InChI is InChI=1S/C23H29NO4.C4H10O2S.C2H6/c1-6-10-17-16(7-2)18-11-8-9-12-19(18)20(17)15-27-22(26)24-14-13-21(25)28-23(3,4)5;1-5-4(3-7)6-2;1-2/h6-12,20H,2,13-15H2,1,3-5H3,(H,24,26);4,7H,3H2,1-2H3;1-2H3/b10-6-;;. The second-order valence-corrected chi connectivity index (χ2v) is 9.02. The SMILES string of the molecule is C=CC1=C(/C=C\C)C(COC(=O)NCCC(=O)OC(C)(C)C)c2ccccc21.CC.COC(CS)OC. The molecule has 0 saturated carbocycles. The van der Waals surface area contributed by atoms with Crippen molar-refractivity contribution in [3.8, 4) is 0 Å². The zero-order valence-corrected chi connectivity index (χ0v) is 24.5. The first-order valence-corrected chi connectivity index (χ1v) is 13.1. The monoisotopic (exact) mass is 535 g/mol. The number of esters is 1. The third kappa shape index (κ3) is 12.5. The molecule has 0 aromatic heterocycles. The van der Waals surface area contributed by atoms with Gasteiger partial charge in [-0.15, -0.1) is 0 Å². The minimum atomic E-state index is -0.548. The quantitative estimate of drug-likeness (QED) is 0.207. The summed E-state index contributed by atoms with van der Waals surface area (Å²) in [5, 5.41) is 2.60. The Morgan fingerprint density at radius 3 is 2.27 bits per heavy atom. The third-order valence-electron chi connectivity index (χ3n) is 4.94. The lowest BCUT2D eigenvalue weighted by molar-refractivity contribution is -0.154. The minimum Gasteiger partial charge on any atom is -0.460 e. The Bertz CT molecular complexity index is 894. The number of allylic oxidation sites excluding steroid dienone is 4. The lowest BCUT2D eigenvalue weighted by Gasteiger charge is -2.19. The van der Waals surface area contributed by atoms with Crippen LogP contribution in [0.15, 0.2) is 54.6 Å². The molecule has 7 nitrogen and oxygen atoms in total. The van der Waals surface area contributed by atoms with Crippen molar-refractivity contribution >= 4 is 30.3 Å². The predicted molar refractivity (Wildman–Crippen MR) is 154 cm³/mol. The maximum Gasteiger partial charge on any atom is 0.407 e. The molecule has 0 heterocycles. The van der Waals surface area contributed by atoms with Gasteiger partial charge in [-0.05, 0) is 50.0 Å². The number of rotatable bonds is 10. The zero-order chi connectivity index (χ0) is 28.4. The van der Waals surface area contributed by atoms with Crippen LogP contribution in [0.3, 0.4) is 0 Å². The summed E-state index contributed by atoms with van der Waals surface area (Å²) in [7, 11) is 3.18. The van der Waals surface area contributed by atoms with E-state index in [1.807, 2.05) is 57.2 Å². The number of methoxy groups -OCH3 is 2. The fraction of sp³-hybridized carbons (Fsp3) is 0.517.